The molecule has 0 bridgehead atoms. The van der Waals surface area contributed by atoms with E-state index in [2.05, 4.69) is 23.0 Å². The first kappa shape index (κ1) is 11.8. The first-order valence-electron chi connectivity index (χ1n) is 6.46. The van der Waals surface area contributed by atoms with Crippen molar-refractivity contribution in [3.05, 3.63) is 23.8 Å². The van der Waals surface area contributed by atoms with Crippen LogP contribution in [-0.2, 0) is 16.4 Å². The third-order valence-electron chi connectivity index (χ3n) is 3.60. The lowest BCUT2D eigenvalue weighted by atomic mass is 9.98. The highest BCUT2D eigenvalue weighted by Gasteiger charge is 2.36. The topological polar surface area (TPSA) is 58.2 Å². The smallest absolute Gasteiger partial charge is 0.235 e. The molecular weight excluding hydrogens is 248 g/mol. The zero-order valence-electron chi connectivity index (χ0n) is 10.4. The largest absolute Gasteiger partial charge is 0.381 e. The van der Waals surface area contributed by atoms with Crippen LogP contribution in [-0.4, -0.2) is 19.7 Å². The summed E-state index contributed by atoms with van der Waals surface area (Å²) in [5.74, 6) is 0. The minimum absolute atomic E-state index is 0.186. The van der Waals surface area contributed by atoms with Crippen LogP contribution >= 0.6 is 0 Å². The molecule has 0 radical (unpaired) electrons. The van der Waals surface area contributed by atoms with Crippen LogP contribution in [0.3, 0.4) is 0 Å². The van der Waals surface area contributed by atoms with E-state index in [0.29, 0.717) is 11.7 Å². The molecule has 5 heteroatoms. The van der Waals surface area contributed by atoms with Gasteiger partial charge < -0.3 is 5.32 Å². The summed E-state index contributed by atoms with van der Waals surface area (Å²) in [5.41, 5.74) is 2.86. The molecular formula is C13H18N2O2S. The highest BCUT2D eigenvalue weighted by atomic mass is 32.2. The molecule has 0 saturated heterocycles. The van der Waals surface area contributed by atoms with Crippen molar-refractivity contribution < 1.29 is 8.42 Å². The maximum Gasteiger partial charge on any atom is 0.235 e. The highest BCUT2D eigenvalue weighted by molar-refractivity contribution is 7.93. The predicted octanol–water partition coefficient (Wildman–Crippen LogP) is 2.34. The van der Waals surface area contributed by atoms with Gasteiger partial charge in [-0.1, -0.05) is 12.1 Å². The number of para-hydroxylation sites is 1. The van der Waals surface area contributed by atoms with Gasteiger partial charge in [-0.05, 0) is 44.2 Å². The van der Waals surface area contributed by atoms with Gasteiger partial charge in [0.2, 0.25) is 10.0 Å². The highest BCUT2D eigenvalue weighted by Crippen LogP contribution is 2.35. The summed E-state index contributed by atoms with van der Waals surface area (Å²) in [4.78, 5) is 0. The number of fused-ring (bicyclic) bond motifs is 1. The van der Waals surface area contributed by atoms with E-state index in [4.69, 9.17) is 0 Å². The number of benzene rings is 1. The van der Waals surface area contributed by atoms with Crippen molar-refractivity contribution in [1.82, 2.24) is 0 Å². The lowest BCUT2D eigenvalue weighted by Crippen LogP contribution is -2.25. The molecule has 3 rings (SSSR count). The van der Waals surface area contributed by atoms with E-state index in [9.17, 15) is 8.42 Å². The Morgan fingerprint density at radius 1 is 1.28 bits per heavy atom. The van der Waals surface area contributed by atoms with Crippen molar-refractivity contribution in [2.24, 2.45) is 0 Å². The minimum Gasteiger partial charge on any atom is -0.381 e. The molecule has 0 spiro atoms. The molecule has 1 fully saturated rings. The summed E-state index contributed by atoms with van der Waals surface area (Å²) in [6.07, 6.45) is 3.66. The molecule has 1 aliphatic carbocycles. The van der Waals surface area contributed by atoms with Gasteiger partial charge in [0.05, 0.1) is 16.6 Å². The Labute approximate surface area is 108 Å². The van der Waals surface area contributed by atoms with Crippen LogP contribution < -0.4 is 10.0 Å². The number of hydrogen-bond acceptors (Lipinski definition) is 3. The fourth-order valence-electron chi connectivity index (χ4n) is 2.37. The Hall–Kier alpha value is -1.23. The summed E-state index contributed by atoms with van der Waals surface area (Å²) in [6, 6.07) is 6.21. The Kier molecular flexibility index (Phi) is 2.73. The van der Waals surface area contributed by atoms with E-state index < -0.39 is 10.0 Å². The summed E-state index contributed by atoms with van der Waals surface area (Å²) in [6.45, 7) is 2.12. The third-order valence-corrected chi connectivity index (χ3v) is 5.46. The number of hydrogen-bond donors (Lipinski definition) is 2. The molecule has 18 heavy (non-hydrogen) atoms. The molecule has 1 unspecified atom stereocenters. The van der Waals surface area contributed by atoms with E-state index in [1.54, 1.807) is 0 Å². The number of nitrogens with one attached hydrogen (secondary N) is 2. The summed E-state index contributed by atoms with van der Waals surface area (Å²) in [7, 11) is -3.18. The average Bonchev–Trinajstić information content (AvgIpc) is 3.13. The van der Waals surface area contributed by atoms with Crippen LogP contribution in [0.4, 0.5) is 11.4 Å². The van der Waals surface area contributed by atoms with E-state index >= 15 is 0 Å². The lowest BCUT2D eigenvalue weighted by molar-refractivity contribution is 0.600. The fourth-order valence-corrected chi connectivity index (χ4v) is 3.77. The van der Waals surface area contributed by atoms with Crippen molar-refractivity contribution in [3.63, 3.8) is 0 Å². The number of sulfonamides is 1. The molecule has 98 valence electrons. The zero-order valence-corrected chi connectivity index (χ0v) is 11.3. The van der Waals surface area contributed by atoms with Gasteiger partial charge in [0.15, 0.2) is 0 Å². The van der Waals surface area contributed by atoms with Crippen LogP contribution in [0.1, 0.15) is 31.7 Å². The molecule has 1 aromatic carbocycles. The van der Waals surface area contributed by atoms with Crippen LogP contribution in [0.5, 0.6) is 0 Å². The average molecular weight is 266 g/mol. The maximum absolute atomic E-state index is 12.0. The molecule has 0 amide bonds. The molecule has 1 heterocycles. The molecule has 2 aliphatic rings. The van der Waals surface area contributed by atoms with Gasteiger partial charge in [0.25, 0.3) is 0 Å². The van der Waals surface area contributed by atoms with Gasteiger partial charge >= 0.3 is 0 Å². The Bertz CT molecular complexity index is 564. The number of rotatable bonds is 3. The van der Waals surface area contributed by atoms with Crippen LogP contribution in [0.15, 0.2) is 18.2 Å². The number of aryl methyl sites for hydroxylation is 1. The maximum atomic E-state index is 12.0. The quantitative estimate of drug-likeness (QED) is 0.883. The summed E-state index contributed by atoms with van der Waals surface area (Å²) < 4.78 is 26.7. The Balaban J connectivity index is 1.92. The van der Waals surface area contributed by atoms with Crippen molar-refractivity contribution in [2.75, 3.05) is 10.0 Å². The molecule has 1 saturated carbocycles. The van der Waals surface area contributed by atoms with Crippen LogP contribution in [0.2, 0.25) is 0 Å². The van der Waals surface area contributed by atoms with Crippen molar-refractivity contribution in [1.29, 1.82) is 0 Å². The van der Waals surface area contributed by atoms with Crippen molar-refractivity contribution in [3.8, 4) is 0 Å². The van der Waals surface area contributed by atoms with Crippen LogP contribution in [0.25, 0.3) is 0 Å². The van der Waals surface area contributed by atoms with E-state index in [1.807, 2.05) is 12.1 Å². The second-order valence-corrected chi connectivity index (χ2v) is 7.23. The van der Waals surface area contributed by atoms with E-state index in [1.165, 1.54) is 5.56 Å². The predicted molar refractivity (Wildman–Crippen MR) is 73.4 cm³/mol. The van der Waals surface area contributed by atoms with Gasteiger partial charge in [0, 0.05) is 6.04 Å². The standard InChI is InChI=1S/C13H18N2O2S/c1-9-5-6-10-3-2-4-12(13(10)14-9)15-18(16,17)11-7-8-11/h2-4,9,11,14-15H,5-8H2,1H3. The Morgan fingerprint density at radius 3 is 2.78 bits per heavy atom. The van der Waals surface area contributed by atoms with Gasteiger partial charge in [-0.25, -0.2) is 8.42 Å². The number of anilines is 2. The second kappa shape index (κ2) is 4.16. The van der Waals surface area contributed by atoms with Crippen molar-refractivity contribution >= 4 is 21.4 Å². The monoisotopic (exact) mass is 266 g/mol. The lowest BCUT2D eigenvalue weighted by Gasteiger charge is -2.26. The molecule has 1 aliphatic heterocycles. The first-order chi connectivity index (χ1) is 8.56. The van der Waals surface area contributed by atoms with Gasteiger partial charge in [-0.15, -0.1) is 0 Å². The molecule has 4 nitrogen and oxygen atoms in total. The summed E-state index contributed by atoms with van der Waals surface area (Å²) >= 11 is 0. The molecule has 1 atom stereocenters. The van der Waals surface area contributed by atoms with E-state index in [-0.39, 0.29) is 5.25 Å². The van der Waals surface area contributed by atoms with Gasteiger partial charge in [0.1, 0.15) is 0 Å². The molecule has 1 aromatic rings. The first-order valence-corrected chi connectivity index (χ1v) is 8.01. The van der Waals surface area contributed by atoms with Crippen LogP contribution in [0, 0.1) is 0 Å². The Morgan fingerprint density at radius 2 is 2.06 bits per heavy atom. The molecule has 0 aromatic heterocycles. The van der Waals surface area contributed by atoms with Crippen molar-refractivity contribution in [2.45, 2.75) is 43.9 Å². The zero-order chi connectivity index (χ0) is 12.8. The molecule has 2 N–H and O–H groups in total. The minimum atomic E-state index is -3.18. The van der Waals surface area contributed by atoms with E-state index in [0.717, 1.165) is 31.4 Å². The third kappa shape index (κ3) is 2.19. The van der Waals surface area contributed by atoms with Gasteiger partial charge in [-0.2, -0.15) is 0 Å². The second-order valence-electron chi connectivity index (χ2n) is 5.27. The summed E-state index contributed by atoms with van der Waals surface area (Å²) in [5, 5.41) is 3.20. The fraction of sp³-hybridized carbons (Fsp3) is 0.538. The normalized spacial score (nSPS) is 23.1. The SMILES string of the molecule is CC1CCc2cccc(NS(=O)(=O)C3CC3)c2N1. The van der Waals surface area contributed by atoms with Gasteiger partial charge in [-0.3, -0.25) is 4.72 Å².